The first-order chi connectivity index (χ1) is 12.7. The summed E-state index contributed by atoms with van der Waals surface area (Å²) in [5.41, 5.74) is -0.791. The number of carbonyl (C=O) groups excluding carboxylic acids is 2. The third-order valence-electron chi connectivity index (χ3n) is 5.51. The van der Waals surface area contributed by atoms with Crippen molar-refractivity contribution >= 4 is 44.9 Å². The van der Waals surface area contributed by atoms with Crippen molar-refractivity contribution in [2.75, 3.05) is 32.8 Å². The molecule has 4 rings (SSSR count). The van der Waals surface area contributed by atoms with Gasteiger partial charge in [0.2, 0.25) is 0 Å². The molecular formula is C16H21ClN4O4S2. The van der Waals surface area contributed by atoms with Crippen LogP contribution in [0.2, 0.25) is 4.34 Å². The quantitative estimate of drug-likeness (QED) is 0.710. The Bertz CT molecular complexity index is 877. The number of sulfonamides is 1. The van der Waals surface area contributed by atoms with Gasteiger partial charge in [-0.25, -0.2) is 18.1 Å². The molecule has 0 aromatic carbocycles. The molecule has 1 aromatic rings. The number of piperazine rings is 1. The van der Waals surface area contributed by atoms with E-state index in [-0.39, 0.29) is 28.7 Å². The van der Waals surface area contributed by atoms with Crippen LogP contribution < -0.4 is 5.32 Å². The zero-order chi connectivity index (χ0) is 19.4. The van der Waals surface area contributed by atoms with Crippen molar-refractivity contribution in [3.63, 3.8) is 0 Å². The Morgan fingerprint density at radius 3 is 2.44 bits per heavy atom. The van der Waals surface area contributed by atoms with E-state index in [4.69, 9.17) is 11.6 Å². The van der Waals surface area contributed by atoms with Crippen molar-refractivity contribution in [1.82, 2.24) is 19.4 Å². The topological polar surface area (TPSA) is 90.0 Å². The van der Waals surface area contributed by atoms with E-state index in [0.717, 1.165) is 24.2 Å². The lowest BCUT2D eigenvalue weighted by molar-refractivity contribution is -0.133. The maximum atomic E-state index is 12.7. The minimum absolute atomic E-state index is 0.182. The number of rotatable bonds is 5. The molecule has 0 spiro atoms. The molecular weight excluding hydrogens is 412 g/mol. The van der Waals surface area contributed by atoms with E-state index < -0.39 is 15.6 Å². The van der Waals surface area contributed by atoms with Crippen LogP contribution in [-0.2, 0) is 14.8 Å². The fourth-order valence-corrected chi connectivity index (χ4v) is 6.72. The molecule has 11 heteroatoms. The molecule has 3 heterocycles. The van der Waals surface area contributed by atoms with Crippen LogP contribution in [0.3, 0.4) is 0 Å². The number of hydrogen-bond acceptors (Lipinski definition) is 6. The molecule has 3 aliphatic rings. The van der Waals surface area contributed by atoms with Gasteiger partial charge in [-0.15, -0.1) is 11.3 Å². The largest absolute Gasteiger partial charge is 0.326 e. The van der Waals surface area contributed by atoms with Gasteiger partial charge in [0.15, 0.2) is 0 Å². The van der Waals surface area contributed by atoms with E-state index in [1.165, 1.54) is 15.3 Å². The summed E-state index contributed by atoms with van der Waals surface area (Å²) in [6.45, 7) is 3.50. The van der Waals surface area contributed by atoms with Gasteiger partial charge < -0.3 is 5.32 Å². The van der Waals surface area contributed by atoms with E-state index in [0.29, 0.717) is 30.5 Å². The monoisotopic (exact) mass is 432 g/mol. The van der Waals surface area contributed by atoms with Crippen molar-refractivity contribution in [1.29, 1.82) is 0 Å². The molecule has 1 N–H and O–H groups in total. The van der Waals surface area contributed by atoms with Gasteiger partial charge in [-0.3, -0.25) is 9.69 Å². The third kappa shape index (κ3) is 3.38. The second-order valence-electron chi connectivity index (χ2n) is 7.36. The Morgan fingerprint density at radius 1 is 1.22 bits per heavy atom. The molecule has 0 radical (unpaired) electrons. The highest BCUT2D eigenvalue weighted by Gasteiger charge is 2.56. The van der Waals surface area contributed by atoms with Crippen molar-refractivity contribution in [3.05, 3.63) is 16.5 Å². The molecule has 2 aliphatic heterocycles. The van der Waals surface area contributed by atoms with Gasteiger partial charge >= 0.3 is 6.03 Å². The lowest BCUT2D eigenvalue weighted by Crippen LogP contribution is -2.53. The maximum Gasteiger partial charge on any atom is 0.326 e. The van der Waals surface area contributed by atoms with Gasteiger partial charge in [-0.1, -0.05) is 11.6 Å². The van der Waals surface area contributed by atoms with E-state index in [1.54, 1.807) is 13.0 Å². The summed E-state index contributed by atoms with van der Waals surface area (Å²) in [6, 6.07) is 2.72. The average Bonchev–Trinajstić information content (AvgIpc) is 3.36. The number of hydrogen-bond donors (Lipinski definition) is 1. The molecule has 148 valence electrons. The number of nitrogens with zero attached hydrogens (tertiary/aromatic N) is 3. The summed E-state index contributed by atoms with van der Waals surface area (Å²) >= 11 is 6.89. The summed E-state index contributed by atoms with van der Waals surface area (Å²) in [5, 5.41) is 2.83. The van der Waals surface area contributed by atoms with E-state index >= 15 is 0 Å². The van der Waals surface area contributed by atoms with Gasteiger partial charge in [-0.05, 0) is 37.8 Å². The number of thiophene rings is 1. The molecule has 0 bridgehead atoms. The van der Waals surface area contributed by atoms with Crippen LogP contribution >= 0.6 is 22.9 Å². The van der Waals surface area contributed by atoms with Crippen LogP contribution in [0.1, 0.15) is 19.8 Å². The van der Waals surface area contributed by atoms with Crippen LogP contribution in [0.25, 0.3) is 0 Å². The second-order valence-corrected chi connectivity index (χ2v) is 11.2. The Labute approximate surface area is 167 Å². The van der Waals surface area contributed by atoms with Crippen LogP contribution in [0.5, 0.6) is 0 Å². The minimum Gasteiger partial charge on any atom is -0.323 e. The van der Waals surface area contributed by atoms with E-state index in [9.17, 15) is 18.0 Å². The number of imide groups is 1. The van der Waals surface area contributed by atoms with Crippen molar-refractivity contribution in [2.24, 2.45) is 5.92 Å². The molecule has 1 atom stereocenters. The van der Waals surface area contributed by atoms with E-state index in [2.05, 4.69) is 5.32 Å². The SMILES string of the molecule is CC1(C2CC2)NC(=O)N(CN2CCN(S(=O)(=O)c3ccc(Cl)s3)CC2)C1=O. The van der Waals surface area contributed by atoms with Crippen molar-refractivity contribution < 1.29 is 18.0 Å². The fraction of sp³-hybridized carbons (Fsp3) is 0.625. The smallest absolute Gasteiger partial charge is 0.323 e. The predicted molar refractivity (Wildman–Crippen MR) is 101 cm³/mol. The van der Waals surface area contributed by atoms with Gasteiger partial charge in [0.1, 0.15) is 9.75 Å². The summed E-state index contributed by atoms with van der Waals surface area (Å²) in [5.74, 6) is 0.0387. The average molecular weight is 433 g/mol. The first-order valence-corrected chi connectivity index (χ1v) is 11.5. The molecule has 2 saturated heterocycles. The standard InChI is InChI=1S/C16H21ClN4O4S2/c1-16(11-2-3-11)14(22)21(15(23)18-16)10-19-6-8-20(9-7-19)27(24,25)13-5-4-12(17)26-13/h4-5,11H,2-3,6-10H2,1H3,(H,18,23). The van der Waals surface area contributed by atoms with Crippen LogP contribution in [-0.4, -0.2) is 72.8 Å². The summed E-state index contributed by atoms with van der Waals surface area (Å²) in [4.78, 5) is 28.2. The van der Waals surface area contributed by atoms with Gasteiger partial charge in [0.05, 0.1) is 11.0 Å². The number of urea groups is 1. The molecule has 27 heavy (non-hydrogen) atoms. The Morgan fingerprint density at radius 2 is 1.89 bits per heavy atom. The first-order valence-electron chi connectivity index (χ1n) is 8.84. The molecule has 3 amide bonds. The molecule has 8 nitrogen and oxygen atoms in total. The highest BCUT2D eigenvalue weighted by molar-refractivity contribution is 7.91. The van der Waals surface area contributed by atoms with Gasteiger partial charge in [0, 0.05) is 26.2 Å². The molecule has 3 fully saturated rings. The highest BCUT2D eigenvalue weighted by Crippen LogP contribution is 2.42. The second kappa shape index (κ2) is 6.70. The lowest BCUT2D eigenvalue weighted by Gasteiger charge is -2.35. The third-order valence-corrected chi connectivity index (χ3v) is 9.11. The Balaban J connectivity index is 1.37. The minimum atomic E-state index is -3.55. The summed E-state index contributed by atoms with van der Waals surface area (Å²) in [7, 11) is -3.55. The molecule has 1 aliphatic carbocycles. The number of halogens is 1. The summed E-state index contributed by atoms with van der Waals surface area (Å²) < 4.78 is 27.4. The number of nitrogens with one attached hydrogen (secondary N) is 1. The number of carbonyl (C=O) groups is 2. The Hall–Kier alpha value is -1.20. The molecule has 1 saturated carbocycles. The maximum absolute atomic E-state index is 12.7. The fourth-order valence-electron chi connectivity index (χ4n) is 3.66. The normalized spacial score (nSPS) is 28.0. The van der Waals surface area contributed by atoms with Crippen LogP contribution in [0, 0.1) is 5.92 Å². The first kappa shape index (κ1) is 19.1. The van der Waals surface area contributed by atoms with Gasteiger partial charge in [-0.2, -0.15) is 4.31 Å². The van der Waals surface area contributed by atoms with Crippen molar-refractivity contribution in [2.45, 2.75) is 29.5 Å². The highest BCUT2D eigenvalue weighted by atomic mass is 35.5. The van der Waals surface area contributed by atoms with E-state index in [1.807, 2.05) is 4.90 Å². The van der Waals surface area contributed by atoms with Crippen molar-refractivity contribution in [3.8, 4) is 0 Å². The molecule has 1 unspecified atom stereocenters. The Kier molecular flexibility index (Phi) is 4.75. The zero-order valence-corrected chi connectivity index (χ0v) is 17.2. The van der Waals surface area contributed by atoms with Crippen LogP contribution in [0.4, 0.5) is 4.79 Å². The summed E-state index contributed by atoms with van der Waals surface area (Å²) in [6.07, 6.45) is 1.92. The molecule has 1 aromatic heterocycles. The number of amides is 3. The van der Waals surface area contributed by atoms with Gasteiger partial charge in [0.25, 0.3) is 15.9 Å². The predicted octanol–water partition coefficient (Wildman–Crippen LogP) is 1.39. The lowest BCUT2D eigenvalue weighted by atomic mass is 9.96. The zero-order valence-electron chi connectivity index (χ0n) is 14.9. The van der Waals surface area contributed by atoms with Crippen LogP contribution in [0.15, 0.2) is 16.3 Å².